The lowest BCUT2D eigenvalue weighted by molar-refractivity contribution is 0.703. The van der Waals surface area contributed by atoms with Crippen LogP contribution < -0.4 is 5.32 Å². The average Bonchev–Trinajstić information content (AvgIpc) is 2.41. The second kappa shape index (κ2) is 8.36. The van der Waals surface area contributed by atoms with Crippen LogP contribution in [0.25, 0.3) is 0 Å². The van der Waals surface area contributed by atoms with Gasteiger partial charge in [-0.2, -0.15) is 0 Å². The predicted octanol–water partition coefficient (Wildman–Crippen LogP) is 5.08. The molecule has 1 atom stereocenters. The lowest BCUT2D eigenvalue weighted by Crippen LogP contribution is -2.26. The highest BCUT2D eigenvalue weighted by molar-refractivity contribution is 5.35. The summed E-state index contributed by atoms with van der Waals surface area (Å²) in [6.07, 6.45) is 6.93. The molecule has 0 fully saturated rings. The van der Waals surface area contributed by atoms with E-state index in [1.807, 2.05) is 0 Å². The number of hydrogen-bond acceptors (Lipinski definition) is 1. The zero-order chi connectivity index (χ0) is 15.0. The standard InChI is InChI=1S/C18H27N/c1-9-13(3)15(5)11-12-16(6)18(8)19-17(7)14(4)10-2/h10-12,18-19H,2-4,7,9H2,1,5-6,8H3/b15-11+,16-12+. The maximum atomic E-state index is 4.03. The van der Waals surface area contributed by atoms with Crippen LogP contribution in [0.1, 0.15) is 34.1 Å². The van der Waals surface area contributed by atoms with Crippen molar-refractivity contribution in [3.05, 3.63) is 72.5 Å². The number of hydrogen-bond donors (Lipinski definition) is 1. The van der Waals surface area contributed by atoms with Crippen LogP contribution in [-0.4, -0.2) is 6.04 Å². The second-order valence-electron chi connectivity index (χ2n) is 4.79. The van der Waals surface area contributed by atoms with Crippen molar-refractivity contribution in [2.45, 2.75) is 40.2 Å². The smallest absolute Gasteiger partial charge is 0.0445 e. The quantitative estimate of drug-likeness (QED) is 0.598. The van der Waals surface area contributed by atoms with Crippen LogP contribution in [0.2, 0.25) is 0 Å². The Morgan fingerprint density at radius 2 is 1.74 bits per heavy atom. The zero-order valence-electron chi connectivity index (χ0n) is 12.8. The molecule has 0 aliphatic carbocycles. The van der Waals surface area contributed by atoms with E-state index in [0.29, 0.717) is 0 Å². The Kier molecular flexibility index (Phi) is 7.59. The van der Waals surface area contributed by atoms with Crippen LogP contribution in [0.15, 0.2) is 72.5 Å². The molecule has 0 aliphatic rings. The highest BCUT2D eigenvalue weighted by atomic mass is 14.9. The maximum Gasteiger partial charge on any atom is 0.0445 e. The normalized spacial score (nSPS) is 13.7. The number of nitrogens with one attached hydrogen (secondary N) is 1. The fraction of sp³-hybridized carbons (Fsp3) is 0.333. The molecule has 0 spiro atoms. The first-order valence-corrected chi connectivity index (χ1v) is 6.63. The van der Waals surface area contributed by atoms with E-state index in [4.69, 9.17) is 0 Å². The molecular weight excluding hydrogens is 230 g/mol. The fourth-order valence-electron chi connectivity index (χ4n) is 1.39. The predicted molar refractivity (Wildman–Crippen MR) is 88.0 cm³/mol. The van der Waals surface area contributed by atoms with Gasteiger partial charge in [0.2, 0.25) is 0 Å². The van der Waals surface area contributed by atoms with Gasteiger partial charge in [0.25, 0.3) is 0 Å². The van der Waals surface area contributed by atoms with Crippen molar-refractivity contribution in [1.29, 1.82) is 0 Å². The summed E-state index contributed by atoms with van der Waals surface area (Å²) in [6.45, 7) is 23.9. The van der Waals surface area contributed by atoms with Crippen molar-refractivity contribution >= 4 is 0 Å². The second-order valence-corrected chi connectivity index (χ2v) is 4.79. The third kappa shape index (κ3) is 6.10. The molecule has 0 radical (unpaired) electrons. The fourth-order valence-corrected chi connectivity index (χ4v) is 1.39. The SMILES string of the molecule is C=CC(=C)C(=C)NC(C)/C(C)=C/C=C(\C)C(=C)CC. The lowest BCUT2D eigenvalue weighted by atomic mass is 10.0. The van der Waals surface area contributed by atoms with E-state index in [-0.39, 0.29) is 6.04 Å². The van der Waals surface area contributed by atoms with Crippen molar-refractivity contribution in [2.75, 3.05) is 0 Å². The monoisotopic (exact) mass is 257 g/mol. The summed E-state index contributed by atoms with van der Waals surface area (Å²) in [5.74, 6) is 0. The van der Waals surface area contributed by atoms with E-state index >= 15 is 0 Å². The Balaban J connectivity index is 4.69. The summed E-state index contributed by atoms with van der Waals surface area (Å²) in [5.41, 5.74) is 5.28. The van der Waals surface area contributed by atoms with Gasteiger partial charge in [0, 0.05) is 11.7 Å². The van der Waals surface area contributed by atoms with Gasteiger partial charge in [-0.1, -0.05) is 62.6 Å². The van der Waals surface area contributed by atoms with E-state index in [1.165, 1.54) is 16.7 Å². The summed E-state index contributed by atoms with van der Waals surface area (Å²) in [5, 5.41) is 3.31. The van der Waals surface area contributed by atoms with Gasteiger partial charge in [-0.15, -0.1) is 0 Å². The average molecular weight is 257 g/mol. The van der Waals surface area contributed by atoms with Crippen LogP contribution in [0.4, 0.5) is 0 Å². The van der Waals surface area contributed by atoms with Crippen LogP contribution in [0, 0.1) is 0 Å². The molecule has 19 heavy (non-hydrogen) atoms. The molecule has 0 rings (SSSR count). The van der Waals surface area contributed by atoms with Gasteiger partial charge < -0.3 is 5.32 Å². The van der Waals surface area contributed by atoms with Crippen molar-refractivity contribution in [3.8, 4) is 0 Å². The molecular formula is C18H27N. The Labute approximate surface area is 118 Å². The molecule has 0 amide bonds. The topological polar surface area (TPSA) is 12.0 Å². The molecule has 1 unspecified atom stereocenters. The van der Waals surface area contributed by atoms with E-state index in [2.05, 4.69) is 71.5 Å². The van der Waals surface area contributed by atoms with Gasteiger partial charge in [0.05, 0.1) is 0 Å². The molecule has 1 nitrogen and oxygen atoms in total. The van der Waals surface area contributed by atoms with Crippen LogP contribution >= 0.6 is 0 Å². The molecule has 0 aliphatic heterocycles. The molecule has 0 saturated heterocycles. The minimum Gasteiger partial charge on any atom is -0.379 e. The molecule has 0 saturated carbocycles. The van der Waals surface area contributed by atoms with Gasteiger partial charge in [-0.25, -0.2) is 0 Å². The molecule has 0 aromatic carbocycles. The number of allylic oxidation sites excluding steroid dienone is 5. The molecule has 0 aromatic rings. The van der Waals surface area contributed by atoms with E-state index in [9.17, 15) is 0 Å². The molecule has 0 aromatic heterocycles. The lowest BCUT2D eigenvalue weighted by Gasteiger charge is -2.18. The molecule has 1 N–H and O–H groups in total. The summed E-state index contributed by atoms with van der Waals surface area (Å²) in [7, 11) is 0. The molecule has 0 bridgehead atoms. The largest absolute Gasteiger partial charge is 0.379 e. The third-order valence-electron chi connectivity index (χ3n) is 3.29. The molecule has 1 heteroatoms. The first kappa shape index (κ1) is 17.2. The van der Waals surface area contributed by atoms with E-state index < -0.39 is 0 Å². The van der Waals surface area contributed by atoms with Crippen molar-refractivity contribution in [3.63, 3.8) is 0 Å². The van der Waals surface area contributed by atoms with Crippen molar-refractivity contribution < 1.29 is 0 Å². The minimum absolute atomic E-state index is 0.211. The van der Waals surface area contributed by atoms with Crippen LogP contribution in [-0.2, 0) is 0 Å². The summed E-state index contributed by atoms with van der Waals surface area (Å²) >= 11 is 0. The highest BCUT2D eigenvalue weighted by Gasteiger charge is 2.05. The van der Waals surface area contributed by atoms with Crippen molar-refractivity contribution in [1.82, 2.24) is 5.32 Å². The molecule has 0 heterocycles. The van der Waals surface area contributed by atoms with E-state index in [0.717, 1.165) is 17.7 Å². The summed E-state index contributed by atoms with van der Waals surface area (Å²) < 4.78 is 0. The van der Waals surface area contributed by atoms with Gasteiger partial charge in [0.15, 0.2) is 0 Å². The number of rotatable bonds is 8. The third-order valence-corrected chi connectivity index (χ3v) is 3.29. The minimum atomic E-state index is 0.211. The Bertz CT molecular complexity index is 433. The summed E-state index contributed by atoms with van der Waals surface area (Å²) in [4.78, 5) is 0. The molecule has 104 valence electrons. The Morgan fingerprint density at radius 3 is 2.21 bits per heavy atom. The van der Waals surface area contributed by atoms with Gasteiger partial charge in [0.1, 0.15) is 0 Å². The Morgan fingerprint density at radius 1 is 1.16 bits per heavy atom. The summed E-state index contributed by atoms with van der Waals surface area (Å²) in [6, 6.07) is 0.211. The zero-order valence-corrected chi connectivity index (χ0v) is 12.8. The highest BCUT2D eigenvalue weighted by Crippen LogP contribution is 2.12. The first-order chi connectivity index (χ1) is 8.83. The van der Waals surface area contributed by atoms with Crippen LogP contribution in [0.5, 0.6) is 0 Å². The van der Waals surface area contributed by atoms with Gasteiger partial charge in [-0.3, -0.25) is 0 Å². The van der Waals surface area contributed by atoms with E-state index in [1.54, 1.807) is 6.08 Å². The van der Waals surface area contributed by atoms with Crippen molar-refractivity contribution in [2.24, 2.45) is 0 Å². The first-order valence-electron chi connectivity index (χ1n) is 6.63. The van der Waals surface area contributed by atoms with Crippen LogP contribution in [0.3, 0.4) is 0 Å². The van der Waals surface area contributed by atoms with Gasteiger partial charge in [-0.05, 0) is 38.3 Å². The maximum absolute atomic E-state index is 4.03. The Hall–Kier alpha value is -1.76. The van der Waals surface area contributed by atoms with Gasteiger partial charge >= 0.3 is 0 Å².